The number of rotatable bonds is 5. The van der Waals surface area contributed by atoms with Gasteiger partial charge in [-0.2, -0.15) is 0 Å². The van der Waals surface area contributed by atoms with Gasteiger partial charge in [-0.3, -0.25) is 0 Å². The highest BCUT2D eigenvalue weighted by Gasteiger charge is 2.37. The minimum Gasteiger partial charge on any atom is -0.350 e. The van der Waals surface area contributed by atoms with E-state index in [1.54, 1.807) is 10.7 Å². The summed E-state index contributed by atoms with van der Waals surface area (Å²) in [6, 6.07) is 4.07. The Morgan fingerprint density at radius 2 is 2.17 bits per heavy atom. The number of anilines is 1. The number of nitrogens with one attached hydrogen (secondary N) is 1. The standard InChI is InChI=1S/C22H27FN6/c1-14(2)27-20-16(4)9-17(11-24-20)18-6-8-29-19(18)12-25-21(28-29)26-13-22(23)7-5-15(3)10-22/h6,8-9,11-12,15H,5,7,10,13H2,1-4H3,(H,26,28). The maximum atomic E-state index is 14.8. The average molecular weight is 394 g/mol. The molecule has 1 aliphatic rings. The number of aryl methyl sites for hydroxylation is 1. The topological polar surface area (TPSA) is 67.5 Å². The number of fused-ring (bicyclic) bond motifs is 1. The smallest absolute Gasteiger partial charge is 0.241 e. The molecule has 4 rings (SSSR count). The summed E-state index contributed by atoms with van der Waals surface area (Å²) in [4.78, 5) is 13.4. The molecule has 0 aromatic carbocycles. The molecule has 0 spiro atoms. The van der Waals surface area contributed by atoms with Gasteiger partial charge in [-0.05, 0) is 63.6 Å². The summed E-state index contributed by atoms with van der Waals surface area (Å²) in [6.45, 7) is 8.27. The van der Waals surface area contributed by atoms with E-state index >= 15 is 0 Å². The van der Waals surface area contributed by atoms with Gasteiger partial charge in [0.15, 0.2) is 5.82 Å². The van der Waals surface area contributed by atoms with Gasteiger partial charge >= 0.3 is 0 Å². The van der Waals surface area contributed by atoms with Crippen molar-refractivity contribution in [2.45, 2.75) is 52.6 Å². The van der Waals surface area contributed by atoms with Crippen molar-refractivity contribution in [3.8, 4) is 11.1 Å². The largest absolute Gasteiger partial charge is 0.350 e. The van der Waals surface area contributed by atoms with Crippen molar-refractivity contribution in [2.24, 2.45) is 10.9 Å². The number of halogens is 1. The molecule has 1 saturated carbocycles. The first-order valence-electron chi connectivity index (χ1n) is 10.1. The summed E-state index contributed by atoms with van der Waals surface area (Å²) in [7, 11) is 0. The number of aliphatic imine (C=N–C) groups is 1. The Kier molecular flexibility index (Phi) is 5.06. The van der Waals surface area contributed by atoms with Gasteiger partial charge in [-0.15, -0.1) is 5.10 Å². The van der Waals surface area contributed by atoms with Crippen molar-refractivity contribution >= 4 is 23.0 Å². The van der Waals surface area contributed by atoms with Crippen LogP contribution < -0.4 is 5.32 Å². The summed E-state index contributed by atoms with van der Waals surface area (Å²) in [6.07, 6.45) is 7.61. The number of alkyl halides is 1. The molecule has 3 aromatic heterocycles. The Hall–Kier alpha value is -2.83. The molecule has 0 bridgehead atoms. The van der Waals surface area contributed by atoms with E-state index in [0.29, 0.717) is 24.7 Å². The third kappa shape index (κ3) is 4.13. The molecular formula is C22H27FN6. The van der Waals surface area contributed by atoms with E-state index in [0.717, 1.165) is 40.2 Å². The van der Waals surface area contributed by atoms with Crippen molar-refractivity contribution in [2.75, 3.05) is 11.9 Å². The van der Waals surface area contributed by atoms with Gasteiger partial charge in [0.1, 0.15) is 5.67 Å². The lowest BCUT2D eigenvalue weighted by Crippen LogP contribution is -2.29. The zero-order valence-electron chi connectivity index (χ0n) is 17.4. The maximum Gasteiger partial charge on any atom is 0.241 e. The van der Waals surface area contributed by atoms with Crippen molar-refractivity contribution < 1.29 is 4.39 Å². The van der Waals surface area contributed by atoms with Crippen LogP contribution in [0, 0.1) is 12.8 Å². The van der Waals surface area contributed by atoms with E-state index in [1.807, 2.05) is 39.2 Å². The van der Waals surface area contributed by atoms with Crippen LogP contribution in [-0.2, 0) is 0 Å². The van der Waals surface area contributed by atoms with Crippen molar-refractivity contribution in [3.05, 3.63) is 36.3 Å². The van der Waals surface area contributed by atoms with E-state index in [2.05, 4.69) is 38.4 Å². The fourth-order valence-electron chi connectivity index (χ4n) is 4.00. The molecule has 1 fully saturated rings. The van der Waals surface area contributed by atoms with Crippen LogP contribution in [-0.4, -0.2) is 37.5 Å². The molecule has 1 aliphatic carbocycles. The Morgan fingerprint density at radius 1 is 1.34 bits per heavy atom. The monoisotopic (exact) mass is 394 g/mol. The Morgan fingerprint density at radius 3 is 2.86 bits per heavy atom. The molecule has 29 heavy (non-hydrogen) atoms. The van der Waals surface area contributed by atoms with E-state index in [-0.39, 0.29) is 6.54 Å². The van der Waals surface area contributed by atoms with E-state index < -0.39 is 5.67 Å². The molecule has 3 heterocycles. The van der Waals surface area contributed by atoms with Gasteiger partial charge in [0.25, 0.3) is 0 Å². The van der Waals surface area contributed by atoms with Gasteiger partial charge in [0.2, 0.25) is 5.95 Å². The molecule has 2 atom stereocenters. The van der Waals surface area contributed by atoms with E-state index in [4.69, 9.17) is 0 Å². The number of hydrogen-bond acceptors (Lipinski definition) is 5. The zero-order valence-corrected chi connectivity index (χ0v) is 17.4. The molecule has 0 saturated heterocycles. The summed E-state index contributed by atoms with van der Waals surface area (Å²) in [5.41, 5.74) is 3.69. The van der Waals surface area contributed by atoms with Crippen molar-refractivity contribution in [1.29, 1.82) is 0 Å². The van der Waals surface area contributed by atoms with Crippen LogP contribution in [0.25, 0.3) is 16.6 Å². The predicted molar refractivity (Wildman–Crippen MR) is 115 cm³/mol. The quantitative estimate of drug-likeness (QED) is 0.608. The molecular weight excluding hydrogens is 367 g/mol. The summed E-state index contributed by atoms with van der Waals surface area (Å²) in [5.74, 6) is 1.61. The van der Waals surface area contributed by atoms with E-state index in [1.165, 1.54) is 0 Å². The SMILES string of the molecule is CC(C)=Nc1ncc(-c2ccn3nc(NCC4(F)CCC(C)C4)ncc23)cc1C. The van der Waals surface area contributed by atoms with Crippen molar-refractivity contribution in [1.82, 2.24) is 19.6 Å². The number of pyridine rings is 1. The average Bonchev–Trinajstić information content (AvgIpc) is 3.24. The molecule has 6 nitrogen and oxygen atoms in total. The highest BCUT2D eigenvalue weighted by molar-refractivity contribution is 5.83. The zero-order chi connectivity index (χ0) is 20.6. The molecule has 1 N–H and O–H groups in total. The summed E-state index contributed by atoms with van der Waals surface area (Å²) in [5, 5.41) is 7.58. The molecule has 0 amide bonds. The first-order valence-corrected chi connectivity index (χ1v) is 10.1. The molecule has 152 valence electrons. The van der Waals surface area contributed by atoms with Crippen LogP contribution in [0.2, 0.25) is 0 Å². The van der Waals surface area contributed by atoms with Crippen LogP contribution in [0.3, 0.4) is 0 Å². The highest BCUT2D eigenvalue weighted by atomic mass is 19.1. The predicted octanol–water partition coefficient (Wildman–Crippen LogP) is 5.15. The van der Waals surface area contributed by atoms with Crippen LogP contribution in [0.4, 0.5) is 16.2 Å². The highest BCUT2D eigenvalue weighted by Crippen LogP contribution is 2.37. The minimum absolute atomic E-state index is 0.249. The Labute approximate surface area is 170 Å². The van der Waals surface area contributed by atoms with Gasteiger partial charge < -0.3 is 5.32 Å². The first-order chi connectivity index (χ1) is 13.8. The molecule has 3 aromatic rings. The normalized spacial score (nSPS) is 21.5. The fourth-order valence-corrected chi connectivity index (χ4v) is 4.00. The van der Waals surface area contributed by atoms with Gasteiger partial charge in [0.05, 0.1) is 18.3 Å². The molecule has 7 heteroatoms. The van der Waals surface area contributed by atoms with Gasteiger partial charge in [-0.25, -0.2) is 23.9 Å². The summed E-state index contributed by atoms with van der Waals surface area (Å²) >= 11 is 0. The molecule has 0 radical (unpaired) electrons. The lowest BCUT2D eigenvalue weighted by molar-refractivity contribution is 0.183. The van der Waals surface area contributed by atoms with Crippen LogP contribution in [0.15, 0.2) is 35.7 Å². The Balaban J connectivity index is 1.56. The third-order valence-electron chi connectivity index (χ3n) is 5.47. The van der Waals surface area contributed by atoms with Crippen LogP contribution in [0.1, 0.15) is 45.6 Å². The Bertz CT molecular complexity index is 1070. The maximum absolute atomic E-state index is 14.8. The van der Waals surface area contributed by atoms with Crippen molar-refractivity contribution in [3.63, 3.8) is 0 Å². The third-order valence-corrected chi connectivity index (χ3v) is 5.47. The first kappa shape index (κ1) is 19.5. The number of nitrogens with zero attached hydrogens (tertiary/aromatic N) is 5. The number of aromatic nitrogens is 4. The molecule has 2 unspecified atom stereocenters. The second-order valence-corrected chi connectivity index (χ2v) is 8.42. The second-order valence-electron chi connectivity index (χ2n) is 8.42. The second kappa shape index (κ2) is 7.54. The van der Waals surface area contributed by atoms with Gasteiger partial charge in [0, 0.05) is 29.2 Å². The lowest BCUT2D eigenvalue weighted by Gasteiger charge is -2.19. The fraction of sp³-hybridized carbons (Fsp3) is 0.455. The van der Waals surface area contributed by atoms with E-state index in [9.17, 15) is 4.39 Å². The minimum atomic E-state index is -1.16. The van der Waals surface area contributed by atoms with Crippen LogP contribution in [0.5, 0.6) is 0 Å². The van der Waals surface area contributed by atoms with Crippen LogP contribution >= 0.6 is 0 Å². The lowest BCUT2D eigenvalue weighted by atomic mass is 10.0. The number of hydrogen-bond donors (Lipinski definition) is 1. The van der Waals surface area contributed by atoms with Gasteiger partial charge in [-0.1, -0.05) is 6.92 Å². The molecule has 0 aliphatic heterocycles. The summed E-state index contributed by atoms with van der Waals surface area (Å²) < 4.78 is 16.6.